The Kier molecular flexibility index (Phi) is 8.13. The number of nitrogens with one attached hydrogen (secondary N) is 1. The van der Waals surface area contributed by atoms with E-state index < -0.39 is 0 Å². The molecule has 1 saturated heterocycles. The fourth-order valence-electron chi connectivity index (χ4n) is 3.41. The van der Waals surface area contributed by atoms with E-state index in [0.717, 1.165) is 44.6 Å². The number of rotatable bonds is 4. The van der Waals surface area contributed by atoms with Crippen molar-refractivity contribution in [2.45, 2.75) is 25.8 Å². The van der Waals surface area contributed by atoms with E-state index in [1.165, 1.54) is 10.8 Å². The van der Waals surface area contributed by atoms with Gasteiger partial charge in [-0.1, -0.05) is 43.7 Å². The number of aromatic hydroxyl groups is 1. The van der Waals surface area contributed by atoms with E-state index in [0.29, 0.717) is 11.8 Å². The van der Waals surface area contributed by atoms with Crippen molar-refractivity contribution in [3.63, 3.8) is 0 Å². The lowest BCUT2D eigenvalue weighted by atomic mass is 9.93. The largest absolute Gasteiger partial charge is 0.508 e. The molecule has 128 valence electrons. The molecule has 1 aliphatic heterocycles. The van der Waals surface area contributed by atoms with Crippen LogP contribution in [-0.2, 0) is 0 Å². The molecule has 3 nitrogen and oxygen atoms in total. The van der Waals surface area contributed by atoms with Crippen LogP contribution in [0, 0.1) is 0 Å². The van der Waals surface area contributed by atoms with Crippen molar-refractivity contribution in [2.75, 3.05) is 26.2 Å². The lowest BCUT2D eigenvalue weighted by Gasteiger charge is -2.36. The van der Waals surface area contributed by atoms with E-state index in [1.807, 2.05) is 12.1 Å². The molecule has 5 heteroatoms. The molecule has 0 aliphatic carbocycles. The smallest absolute Gasteiger partial charge is 0.121 e. The van der Waals surface area contributed by atoms with Gasteiger partial charge in [0.05, 0.1) is 0 Å². The fraction of sp³-hybridized carbons (Fsp3) is 0.444. The summed E-state index contributed by atoms with van der Waals surface area (Å²) in [5, 5.41) is 16.3. The average molecular weight is 357 g/mol. The maximum Gasteiger partial charge on any atom is 0.121 e. The first-order chi connectivity index (χ1) is 10.3. The van der Waals surface area contributed by atoms with Gasteiger partial charge in [0.25, 0.3) is 0 Å². The Labute approximate surface area is 150 Å². The second-order valence-electron chi connectivity index (χ2n) is 5.81. The Hall–Kier alpha value is -1.00. The van der Waals surface area contributed by atoms with Crippen LogP contribution in [0.2, 0.25) is 0 Å². The predicted molar refractivity (Wildman–Crippen MR) is 102 cm³/mol. The number of nitrogens with zero attached hydrogens (tertiary/aromatic N) is 1. The Morgan fingerprint density at radius 1 is 1.09 bits per heavy atom. The molecule has 1 fully saturated rings. The molecule has 0 saturated carbocycles. The molecule has 2 N–H and O–H groups in total. The van der Waals surface area contributed by atoms with Gasteiger partial charge in [-0.3, -0.25) is 4.90 Å². The van der Waals surface area contributed by atoms with Crippen molar-refractivity contribution in [1.29, 1.82) is 0 Å². The molecule has 1 atom stereocenters. The van der Waals surface area contributed by atoms with Gasteiger partial charge in [0.2, 0.25) is 0 Å². The molecule has 1 aliphatic rings. The predicted octanol–water partition coefficient (Wildman–Crippen LogP) is 4.14. The van der Waals surface area contributed by atoms with Crippen LogP contribution in [-0.4, -0.2) is 36.2 Å². The molecule has 3 rings (SSSR count). The van der Waals surface area contributed by atoms with Crippen molar-refractivity contribution >= 4 is 35.6 Å². The van der Waals surface area contributed by atoms with E-state index in [4.69, 9.17) is 0 Å². The summed E-state index contributed by atoms with van der Waals surface area (Å²) < 4.78 is 0. The third-order valence-electron chi connectivity index (χ3n) is 4.44. The lowest BCUT2D eigenvalue weighted by molar-refractivity contribution is 0.163. The van der Waals surface area contributed by atoms with Gasteiger partial charge in [-0.05, 0) is 23.3 Å². The highest BCUT2D eigenvalue weighted by Gasteiger charge is 2.25. The zero-order valence-electron chi connectivity index (χ0n) is 13.5. The molecule has 0 unspecified atom stereocenters. The van der Waals surface area contributed by atoms with Crippen LogP contribution in [0.5, 0.6) is 5.75 Å². The summed E-state index contributed by atoms with van der Waals surface area (Å²) in [5.41, 5.74) is 1.11. The van der Waals surface area contributed by atoms with Gasteiger partial charge in [-0.2, -0.15) is 0 Å². The van der Waals surface area contributed by atoms with E-state index in [2.05, 4.69) is 41.4 Å². The Morgan fingerprint density at radius 3 is 2.48 bits per heavy atom. The van der Waals surface area contributed by atoms with Crippen LogP contribution >= 0.6 is 24.8 Å². The highest BCUT2D eigenvalue weighted by atomic mass is 35.5. The van der Waals surface area contributed by atoms with Crippen LogP contribution < -0.4 is 5.32 Å². The molecule has 0 amide bonds. The summed E-state index contributed by atoms with van der Waals surface area (Å²) in [7, 11) is 0. The van der Waals surface area contributed by atoms with Crippen molar-refractivity contribution in [3.8, 4) is 5.75 Å². The zero-order chi connectivity index (χ0) is 14.7. The molecule has 0 bridgehead atoms. The minimum absolute atomic E-state index is 0. The number of hydrogen-bond donors (Lipinski definition) is 2. The molecule has 2 aromatic rings. The summed E-state index contributed by atoms with van der Waals surface area (Å²) in [6, 6.07) is 12.5. The monoisotopic (exact) mass is 356 g/mol. The van der Waals surface area contributed by atoms with Crippen LogP contribution in [0.15, 0.2) is 36.4 Å². The maximum absolute atomic E-state index is 10.5. The van der Waals surface area contributed by atoms with Gasteiger partial charge in [0, 0.05) is 37.8 Å². The molecule has 0 aromatic heterocycles. The molecule has 0 spiro atoms. The van der Waals surface area contributed by atoms with Crippen molar-refractivity contribution in [1.82, 2.24) is 10.2 Å². The van der Waals surface area contributed by atoms with Crippen LogP contribution in [0.4, 0.5) is 0 Å². The van der Waals surface area contributed by atoms with Crippen molar-refractivity contribution in [3.05, 3.63) is 42.0 Å². The molecule has 23 heavy (non-hydrogen) atoms. The third-order valence-corrected chi connectivity index (χ3v) is 4.44. The van der Waals surface area contributed by atoms with Crippen molar-refractivity contribution in [2.24, 2.45) is 0 Å². The molecular weight excluding hydrogens is 331 g/mol. The van der Waals surface area contributed by atoms with Crippen molar-refractivity contribution < 1.29 is 5.11 Å². The second kappa shape index (κ2) is 9.33. The van der Waals surface area contributed by atoms with Gasteiger partial charge < -0.3 is 10.4 Å². The van der Waals surface area contributed by atoms with E-state index in [1.54, 1.807) is 0 Å². The highest BCUT2D eigenvalue weighted by Crippen LogP contribution is 2.37. The maximum atomic E-state index is 10.5. The summed E-state index contributed by atoms with van der Waals surface area (Å²) in [6.07, 6.45) is 2.21. The number of halogens is 2. The molecule has 2 aromatic carbocycles. The Bertz CT molecular complexity index is 615. The van der Waals surface area contributed by atoms with Gasteiger partial charge >= 0.3 is 0 Å². The first-order valence-electron chi connectivity index (χ1n) is 7.96. The number of phenols is 1. The quantitative estimate of drug-likeness (QED) is 0.864. The first kappa shape index (κ1) is 20.0. The van der Waals surface area contributed by atoms with E-state index in [9.17, 15) is 5.11 Å². The normalized spacial score (nSPS) is 16.4. The third kappa shape index (κ3) is 4.30. The Morgan fingerprint density at radius 2 is 1.78 bits per heavy atom. The lowest BCUT2D eigenvalue weighted by Crippen LogP contribution is -2.45. The number of hydrogen-bond acceptors (Lipinski definition) is 3. The molecule has 0 radical (unpaired) electrons. The standard InChI is InChI=1S/C18H24N2O.2ClH/c1-2-5-16(20-12-10-19-11-13-20)18-15-7-4-3-6-14(15)8-9-17(18)21;;/h3-4,6-9,16,19,21H,2,5,10-13H2,1H3;2*1H/t16-;;/m0../s1. The van der Waals surface area contributed by atoms with Crippen LogP contribution in [0.1, 0.15) is 31.4 Å². The summed E-state index contributed by atoms with van der Waals surface area (Å²) in [5.74, 6) is 0.436. The minimum Gasteiger partial charge on any atom is -0.508 e. The minimum atomic E-state index is 0. The fourth-order valence-corrected chi connectivity index (χ4v) is 3.41. The van der Waals surface area contributed by atoms with E-state index >= 15 is 0 Å². The summed E-state index contributed by atoms with van der Waals surface area (Å²) in [4.78, 5) is 2.52. The van der Waals surface area contributed by atoms with Gasteiger partial charge in [-0.25, -0.2) is 0 Å². The topological polar surface area (TPSA) is 35.5 Å². The zero-order valence-corrected chi connectivity index (χ0v) is 15.1. The van der Waals surface area contributed by atoms with Gasteiger partial charge in [0.15, 0.2) is 0 Å². The number of phenolic OH excluding ortho intramolecular Hbond substituents is 1. The number of piperazine rings is 1. The average Bonchev–Trinajstić information content (AvgIpc) is 2.54. The van der Waals surface area contributed by atoms with Crippen LogP contribution in [0.3, 0.4) is 0 Å². The second-order valence-corrected chi connectivity index (χ2v) is 5.81. The SMILES string of the molecule is CCC[C@@H](c1c(O)ccc2ccccc12)N1CCNCC1.Cl.Cl. The van der Waals surface area contributed by atoms with E-state index in [-0.39, 0.29) is 24.8 Å². The molecule has 1 heterocycles. The number of benzene rings is 2. The molecular formula is C18H26Cl2N2O. The first-order valence-corrected chi connectivity index (χ1v) is 7.96. The van der Waals surface area contributed by atoms with Gasteiger partial charge in [-0.15, -0.1) is 24.8 Å². The summed E-state index contributed by atoms with van der Waals surface area (Å²) >= 11 is 0. The van der Waals surface area contributed by atoms with Gasteiger partial charge in [0.1, 0.15) is 5.75 Å². The Balaban J connectivity index is 0.00000132. The summed E-state index contributed by atoms with van der Waals surface area (Å²) in [6.45, 7) is 6.38. The number of fused-ring (bicyclic) bond motifs is 1. The highest BCUT2D eigenvalue weighted by molar-refractivity contribution is 5.88. The van der Waals surface area contributed by atoms with Crippen LogP contribution in [0.25, 0.3) is 10.8 Å².